The largest absolute Gasteiger partial charge is 0.127 e. The maximum Gasteiger partial charge on any atom is 0.127 e. The first-order chi connectivity index (χ1) is 11.5. The summed E-state index contributed by atoms with van der Waals surface area (Å²) in [6, 6.07) is 34.5. The fraction of sp³-hybridized carbons (Fsp3) is 0.217. The minimum atomic E-state index is -1.99. The standard InChI is InChI=1S/C23H26Si/c1-23(2,3)24(21-15-9-5-10-16-21,22-17-11-6-12-18-22)19-20-13-7-4-8-14-20/h4-18H,19H2,1-3H3. The molecule has 0 heterocycles. The third-order valence-corrected chi connectivity index (χ3v) is 11.3. The zero-order valence-electron chi connectivity index (χ0n) is 14.9. The summed E-state index contributed by atoms with van der Waals surface area (Å²) in [5.41, 5.74) is 1.44. The Morgan fingerprint density at radius 3 is 1.33 bits per heavy atom. The molecule has 3 aromatic rings. The number of rotatable bonds is 4. The molecule has 0 radical (unpaired) electrons. The van der Waals surface area contributed by atoms with Crippen molar-refractivity contribution in [2.24, 2.45) is 0 Å². The Balaban J connectivity index is 2.25. The molecule has 0 bridgehead atoms. The van der Waals surface area contributed by atoms with Crippen LogP contribution in [0.1, 0.15) is 26.3 Å². The van der Waals surface area contributed by atoms with Crippen LogP contribution in [0.15, 0.2) is 91.0 Å². The van der Waals surface area contributed by atoms with Crippen molar-refractivity contribution in [2.75, 3.05) is 0 Å². The van der Waals surface area contributed by atoms with Crippen molar-refractivity contribution in [1.29, 1.82) is 0 Å². The highest BCUT2D eigenvalue weighted by molar-refractivity contribution is 7.03. The fourth-order valence-electron chi connectivity index (χ4n) is 3.85. The molecule has 0 aliphatic carbocycles. The van der Waals surface area contributed by atoms with E-state index in [9.17, 15) is 0 Å². The molecule has 3 aromatic carbocycles. The molecule has 0 atom stereocenters. The lowest BCUT2D eigenvalue weighted by atomic mass is 10.2. The quantitative estimate of drug-likeness (QED) is 0.601. The average molecular weight is 331 g/mol. The molecule has 122 valence electrons. The Bertz CT molecular complexity index is 716. The van der Waals surface area contributed by atoms with Gasteiger partial charge in [-0.2, -0.15) is 0 Å². The number of benzene rings is 3. The maximum atomic E-state index is 2.42. The van der Waals surface area contributed by atoms with E-state index in [-0.39, 0.29) is 5.04 Å². The highest BCUT2D eigenvalue weighted by atomic mass is 28.3. The Morgan fingerprint density at radius 1 is 0.583 bits per heavy atom. The Hall–Kier alpha value is -2.12. The van der Waals surface area contributed by atoms with Gasteiger partial charge in [-0.3, -0.25) is 0 Å². The molecular formula is C23H26Si. The van der Waals surface area contributed by atoms with E-state index in [0.717, 1.165) is 6.04 Å². The van der Waals surface area contributed by atoms with Crippen molar-refractivity contribution in [1.82, 2.24) is 0 Å². The van der Waals surface area contributed by atoms with Crippen molar-refractivity contribution in [3.8, 4) is 0 Å². The van der Waals surface area contributed by atoms with E-state index in [0.29, 0.717) is 0 Å². The Kier molecular flexibility index (Phi) is 4.73. The summed E-state index contributed by atoms with van der Waals surface area (Å²) in [5, 5.41) is 3.26. The lowest BCUT2D eigenvalue weighted by Gasteiger charge is -2.44. The fourth-order valence-corrected chi connectivity index (χ4v) is 9.22. The smallest absolute Gasteiger partial charge is 0.0625 e. The molecule has 0 aliphatic rings. The van der Waals surface area contributed by atoms with E-state index in [1.807, 2.05) is 0 Å². The summed E-state index contributed by atoms with van der Waals surface area (Å²) in [5.74, 6) is 0. The highest BCUT2D eigenvalue weighted by Gasteiger charge is 2.47. The van der Waals surface area contributed by atoms with Crippen molar-refractivity contribution >= 4 is 18.4 Å². The minimum absolute atomic E-state index is 0.214. The Labute approximate surface area is 147 Å². The highest BCUT2D eigenvalue weighted by Crippen LogP contribution is 2.38. The van der Waals surface area contributed by atoms with Crippen LogP contribution >= 0.6 is 0 Å². The van der Waals surface area contributed by atoms with Crippen LogP contribution in [0.25, 0.3) is 0 Å². The molecule has 0 aromatic heterocycles. The van der Waals surface area contributed by atoms with Crippen LogP contribution in [0.2, 0.25) is 5.04 Å². The lowest BCUT2D eigenvalue weighted by Crippen LogP contribution is -2.66. The lowest BCUT2D eigenvalue weighted by molar-refractivity contribution is 0.725. The molecule has 0 unspecified atom stereocenters. The summed E-state index contributed by atoms with van der Waals surface area (Å²) in [6.45, 7) is 7.26. The molecule has 24 heavy (non-hydrogen) atoms. The van der Waals surface area contributed by atoms with Crippen LogP contribution in [0, 0.1) is 0 Å². The van der Waals surface area contributed by atoms with Gasteiger partial charge in [-0.1, -0.05) is 128 Å². The summed E-state index contributed by atoms with van der Waals surface area (Å²) in [6.07, 6.45) is 0. The van der Waals surface area contributed by atoms with Gasteiger partial charge in [-0.05, 0) is 11.1 Å². The predicted octanol–water partition coefficient (Wildman–Crippen LogP) is 4.83. The third-order valence-electron chi connectivity index (χ3n) is 5.13. The van der Waals surface area contributed by atoms with Crippen LogP contribution in [-0.2, 0) is 6.04 Å². The van der Waals surface area contributed by atoms with Gasteiger partial charge in [0.05, 0.1) is 0 Å². The van der Waals surface area contributed by atoms with Crippen LogP contribution in [0.5, 0.6) is 0 Å². The Morgan fingerprint density at radius 2 is 0.958 bits per heavy atom. The summed E-state index contributed by atoms with van der Waals surface area (Å²) in [4.78, 5) is 0. The van der Waals surface area contributed by atoms with Gasteiger partial charge in [0.15, 0.2) is 0 Å². The first-order valence-electron chi connectivity index (χ1n) is 8.69. The second kappa shape index (κ2) is 6.78. The molecule has 0 N–H and O–H groups in total. The van der Waals surface area contributed by atoms with Crippen molar-refractivity contribution in [3.63, 3.8) is 0 Å². The van der Waals surface area contributed by atoms with E-state index >= 15 is 0 Å². The molecule has 0 saturated heterocycles. The predicted molar refractivity (Wildman–Crippen MR) is 108 cm³/mol. The van der Waals surface area contributed by atoms with Gasteiger partial charge in [0, 0.05) is 0 Å². The first-order valence-corrected chi connectivity index (χ1v) is 10.9. The van der Waals surface area contributed by atoms with E-state index in [1.54, 1.807) is 0 Å². The average Bonchev–Trinajstić information content (AvgIpc) is 2.61. The number of hydrogen-bond donors (Lipinski definition) is 0. The summed E-state index contributed by atoms with van der Waals surface area (Å²) in [7, 11) is -1.99. The second-order valence-corrected chi connectivity index (χ2v) is 12.4. The van der Waals surface area contributed by atoms with E-state index in [1.165, 1.54) is 15.9 Å². The molecule has 1 heteroatoms. The van der Waals surface area contributed by atoms with Crippen LogP contribution < -0.4 is 10.4 Å². The third kappa shape index (κ3) is 3.09. The van der Waals surface area contributed by atoms with Gasteiger partial charge in [-0.15, -0.1) is 0 Å². The molecular weight excluding hydrogens is 304 g/mol. The monoisotopic (exact) mass is 330 g/mol. The van der Waals surface area contributed by atoms with E-state index in [4.69, 9.17) is 0 Å². The molecule has 0 saturated carbocycles. The normalized spacial score (nSPS) is 12.1. The van der Waals surface area contributed by atoms with Crippen LogP contribution in [0.4, 0.5) is 0 Å². The summed E-state index contributed by atoms with van der Waals surface area (Å²) < 4.78 is 0. The van der Waals surface area contributed by atoms with Gasteiger partial charge < -0.3 is 0 Å². The SMILES string of the molecule is CC(C)(C)[Si](Cc1ccccc1)(c1ccccc1)c1ccccc1. The summed E-state index contributed by atoms with van der Waals surface area (Å²) >= 11 is 0. The molecule has 0 fully saturated rings. The van der Waals surface area contributed by atoms with Crippen LogP contribution in [0.3, 0.4) is 0 Å². The molecule has 3 rings (SSSR count). The first kappa shape index (κ1) is 16.7. The van der Waals surface area contributed by atoms with Gasteiger partial charge in [0.2, 0.25) is 0 Å². The maximum absolute atomic E-state index is 2.42. The van der Waals surface area contributed by atoms with Gasteiger partial charge in [0.1, 0.15) is 8.07 Å². The van der Waals surface area contributed by atoms with Gasteiger partial charge in [0.25, 0.3) is 0 Å². The van der Waals surface area contributed by atoms with E-state index in [2.05, 4.69) is 112 Å². The zero-order chi connectivity index (χ0) is 17.0. The minimum Gasteiger partial charge on any atom is -0.0625 e. The zero-order valence-corrected chi connectivity index (χ0v) is 15.9. The van der Waals surface area contributed by atoms with Crippen LogP contribution in [-0.4, -0.2) is 8.07 Å². The molecule has 0 amide bonds. The molecule has 0 spiro atoms. The van der Waals surface area contributed by atoms with Crippen molar-refractivity contribution < 1.29 is 0 Å². The van der Waals surface area contributed by atoms with Gasteiger partial charge in [-0.25, -0.2) is 0 Å². The molecule has 0 aliphatic heterocycles. The molecule has 0 nitrogen and oxygen atoms in total. The second-order valence-electron chi connectivity index (χ2n) is 7.55. The topological polar surface area (TPSA) is 0 Å². The van der Waals surface area contributed by atoms with Crippen molar-refractivity contribution in [2.45, 2.75) is 31.9 Å². The number of hydrogen-bond acceptors (Lipinski definition) is 0. The van der Waals surface area contributed by atoms with Crippen molar-refractivity contribution in [3.05, 3.63) is 96.6 Å². The van der Waals surface area contributed by atoms with E-state index < -0.39 is 8.07 Å². The van der Waals surface area contributed by atoms with Gasteiger partial charge >= 0.3 is 0 Å².